The maximum absolute atomic E-state index is 6.41. The van der Waals surface area contributed by atoms with E-state index >= 15 is 0 Å². The van der Waals surface area contributed by atoms with E-state index in [-0.39, 0.29) is 6.04 Å². The lowest BCUT2D eigenvalue weighted by molar-refractivity contribution is 0.702. The molecule has 5 N–H and O–H groups in total. The van der Waals surface area contributed by atoms with E-state index in [2.05, 4.69) is 62.1 Å². The number of hydrogen-bond acceptors (Lipinski definition) is 5. The first-order chi connectivity index (χ1) is 15.3. The van der Waals surface area contributed by atoms with E-state index < -0.39 is 0 Å². The molecule has 0 aliphatic heterocycles. The van der Waals surface area contributed by atoms with Gasteiger partial charge >= 0.3 is 0 Å². The summed E-state index contributed by atoms with van der Waals surface area (Å²) in [6.07, 6.45) is 10.2. The quantitative estimate of drug-likeness (QED) is 0.309. The number of nitrogens with zero attached hydrogens (tertiary/aromatic N) is 2. The highest BCUT2D eigenvalue weighted by Gasteiger charge is 2.09. The van der Waals surface area contributed by atoms with E-state index in [9.17, 15) is 0 Å². The first kappa shape index (κ1) is 19.1. The van der Waals surface area contributed by atoms with Crippen LogP contribution in [0.1, 0.15) is 5.56 Å². The molecule has 3 aromatic heterocycles. The molecule has 0 aliphatic carbocycles. The Morgan fingerprint density at radius 3 is 2.77 bits per heavy atom. The standard InChI is InChI=1S/C25H24N6/c26-19(10-18-13-30-24-6-2-1-5-22(18)24)14-29-20-11-21(16-28-15-20)31-25-7-3-4-17-12-27-9-8-23(17)25/h1-9,11-13,15-16,19,29-31H,10,14,26H2/t19-/m1/s1. The van der Waals surface area contributed by atoms with Crippen molar-refractivity contribution >= 4 is 38.7 Å². The van der Waals surface area contributed by atoms with Crippen LogP contribution in [0.5, 0.6) is 0 Å². The fourth-order valence-corrected chi connectivity index (χ4v) is 3.90. The number of pyridine rings is 2. The topological polar surface area (TPSA) is 91.7 Å². The molecule has 0 amide bonds. The molecule has 5 rings (SSSR count). The number of nitrogens with two attached hydrogens (primary N) is 1. The zero-order chi connectivity index (χ0) is 21.0. The van der Waals surface area contributed by atoms with Gasteiger partial charge in [0.1, 0.15) is 0 Å². The second-order valence-corrected chi connectivity index (χ2v) is 7.69. The number of anilines is 3. The monoisotopic (exact) mass is 408 g/mol. The number of benzene rings is 2. The van der Waals surface area contributed by atoms with E-state index in [4.69, 9.17) is 5.73 Å². The lowest BCUT2D eigenvalue weighted by Gasteiger charge is -2.15. The Balaban J connectivity index is 1.25. The van der Waals surface area contributed by atoms with Gasteiger partial charge in [0, 0.05) is 58.5 Å². The Bertz CT molecular complexity index is 1320. The van der Waals surface area contributed by atoms with Gasteiger partial charge in [-0.05, 0) is 36.2 Å². The molecule has 0 aliphatic rings. The Kier molecular flexibility index (Phi) is 5.21. The van der Waals surface area contributed by atoms with Crippen molar-refractivity contribution in [1.82, 2.24) is 15.0 Å². The molecule has 0 unspecified atom stereocenters. The second-order valence-electron chi connectivity index (χ2n) is 7.69. The SMILES string of the molecule is N[C@@H](CNc1cncc(Nc2cccc3cnccc23)c1)Cc1c[nH]c2ccccc12. The highest BCUT2D eigenvalue weighted by Crippen LogP contribution is 2.26. The van der Waals surface area contributed by atoms with Crippen LogP contribution in [0.25, 0.3) is 21.7 Å². The molecule has 6 heteroatoms. The van der Waals surface area contributed by atoms with Crippen molar-refractivity contribution in [2.45, 2.75) is 12.5 Å². The molecule has 154 valence electrons. The van der Waals surface area contributed by atoms with Crippen molar-refractivity contribution in [3.05, 3.63) is 91.1 Å². The van der Waals surface area contributed by atoms with Gasteiger partial charge in [0.2, 0.25) is 0 Å². The summed E-state index contributed by atoms with van der Waals surface area (Å²) in [5.41, 5.74) is 11.7. The fourth-order valence-electron chi connectivity index (χ4n) is 3.90. The largest absolute Gasteiger partial charge is 0.382 e. The molecule has 1 atom stereocenters. The van der Waals surface area contributed by atoms with Gasteiger partial charge in [-0.3, -0.25) is 9.97 Å². The summed E-state index contributed by atoms with van der Waals surface area (Å²) in [6.45, 7) is 0.657. The summed E-state index contributed by atoms with van der Waals surface area (Å²) in [5.74, 6) is 0. The van der Waals surface area contributed by atoms with E-state index in [0.29, 0.717) is 6.54 Å². The highest BCUT2D eigenvalue weighted by molar-refractivity contribution is 5.94. The third-order valence-corrected chi connectivity index (χ3v) is 5.42. The Hall–Kier alpha value is -3.90. The summed E-state index contributed by atoms with van der Waals surface area (Å²) in [4.78, 5) is 11.9. The number of nitrogens with one attached hydrogen (secondary N) is 3. The molecule has 0 spiro atoms. The number of aromatic amines is 1. The number of hydrogen-bond donors (Lipinski definition) is 4. The van der Waals surface area contributed by atoms with Crippen molar-refractivity contribution in [3.63, 3.8) is 0 Å². The molecule has 0 bridgehead atoms. The Labute approximate surface area is 180 Å². The van der Waals surface area contributed by atoms with Crippen LogP contribution in [0.4, 0.5) is 17.1 Å². The van der Waals surface area contributed by atoms with Gasteiger partial charge in [-0.2, -0.15) is 0 Å². The maximum atomic E-state index is 6.41. The molecule has 6 nitrogen and oxygen atoms in total. The molecule has 0 saturated heterocycles. The minimum atomic E-state index is -0.0126. The van der Waals surface area contributed by atoms with E-state index in [1.807, 2.05) is 42.9 Å². The summed E-state index contributed by atoms with van der Waals surface area (Å²) in [5, 5.41) is 10.3. The molecular weight excluding hydrogens is 384 g/mol. The molecule has 2 aromatic carbocycles. The number of H-pyrrole nitrogens is 1. The molecule has 31 heavy (non-hydrogen) atoms. The van der Waals surface area contributed by atoms with Gasteiger partial charge in [-0.15, -0.1) is 0 Å². The van der Waals surface area contributed by atoms with Gasteiger partial charge in [0.25, 0.3) is 0 Å². The molecule has 0 saturated carbocycles. The van der Waals surface area contributed by atoms with Gasteiger partial charge < -0.3 is 21.4 Å². The first-order valence-corrected chi connectivity index (χ1v) is 10.4. The van der Waals surface area contributed by atoms with Crippen molar-refractivity contribution in [3.8, 4) is 0 Å². The highest BCUT2D eigenvalue weighted by atomic mass is 14.9. The normalized spacial score (nSPS) is 12.2. The van der Waals surface area contributed by atoms with Crippen molar-refractivity contribution in [1.29, 1.82) is 0 Å². The van der Waals surface area contributed by atoms with Crippen LogP contribution < -0.4 is 16.4 Å². The van der Waals surface area contributed by atoms with Crippen LogP contribution in [0.15, 0.2) is 85.6 Å². The third-order valence-electron chi connectivity index (χ3n) is 5.42. The van der Waals surface area contributed by atoms with Gasteiger partial charge in [0.05, 0.1) is 23.8 Å². The zero-order valence-electron chi connectivity index (χ0n) is 17.0. The molecule has 3 heterocycles. The van der Waals surface area contributed by atoms with E-state index in [0.717, 1.165) is 39.8 Å². The molecule has 5 aromatic rings. The van der Waals surface area contributed by atoms with E-state index in [1.165, 1.54) is 10.9 Å². The molecule has 0 radical (unpaired) electrons. The molecule has 0 fully saturated rings. The van der Waals surface area contributed by atoms with Crippen LogP contribution >= 0.6 is 0 Å². The minimum Gasteiger partial charge on any atom is -0.382 e. The lowest BCUT2D eigenvalue weighted by Crippen LogP contribution is -2.31. The van der Waals surface area contributed by atoms with Crippen LogP contribution in [-0.2, 0) is 6.42 Å². The van der Waals surface area contributed by atoms with Crippen LogP contribution in [0.3, 0.4) is 0 Å². The predicted octanol–water partition coefficient (Wildman–Crippen LogP) is 4.84. The van der Waals surface area contributed by atoms with Crippen LogP contribution in [-0.4, -0.2) is 27.5 Å². The van der Waals surface area contributed by atoms with Crippen molar-refractivity contribution in [2.75, 3.05) is 17.2 Å². The van der Waals surface area contributed by atoms with Gasteiger partial charge in [0.15, 0.2) is 0 Å². The summed E-state index contributed by atoms with van der Waals surface area (Å²) < 4.78 is 0. The first-order valence-electron chi connectivity index (χ1n) is 10.4. The third kappa shape index (κ3) is 4.20. The van der Waals surface area contributed by atoms with Crippen LogP contribution in [0.2, 0.25) is 0 Å². The second kappa shape index (κ2) is 8.45. The average Bonchev–Trinajstić information content (AvgIpc) is 3.21. The zero-order valence-corrected chi connectivity index (χ0v) is 17.0. The van der Waals surface area contributed by atoms with Crippen molar-refractivity contribution in [2.24, 2.45) is 5.73 Å². The summed E-state index contributed by atoms with van der Waals surface area (Å²) >= 11 is 0. The molecular formula is C25H24N6. The number of aromatic nitrogens is 3. The lowest BCUT2D eigenvalue weighted by atomic mass is 10.1. The van der Waals surface area contributed by atoms with Crippen molar-refractivity contribution < 1.29 is 0 Å². The fraction of sp³-hybridized carbons (Fsp3) is 0.120. The smallest absolute Gasteiger partial charge is 0.0591 e. The van der Waals surface area contributed by atoms with Gasteiger partial charge in [-0.1, -0.05) is 30.3 Å². The average molecular weight is 409 g/mol. The van der Waals surface area contributed by atoms with E-state index in [1.54, 1.807) is 6.20 Å². The minimum absolute atomic E-state index is 0.0126. The Morgan fingerprint density at radius 1 is 0.903 bits per heavy atom. The maximum Gasteiger partial charge on any atom is 0.0591 e. The number of para-hydroxylation sites is 1. The summed E-state index contributed by atoms with van der Waals surface area (Å²) in [7, 11) is 0. The van der Waals surface area contributed by atoms with Gasteiger partial charge in [-0.25, -0.2) is 0 Å². The summed E-state index contributed by atoms with van der Waals surface area (Å²) in [6, 6.07) is 18.5. The number of rotatable bonds is 7. The van der Waals surface area contributed by atoms with Crippen LogP contribution in [0, 0.1) is 0 Å². The predicted molar refractivity (Wildman–Crippen MR) is 128 cm³/mol. The Morgan fingerprint density at radius 2 is 1.81 bits per heavy atom. The number of fused-ring (bicyclic) bond motifs is 2.